The smallest absolute Gasteiger partial charge is 0.261 e. The Morgan fingerprint density at radius 3 is 3.04 bits per heavy atom. The molecular formula is C18H22ClN3O2. The first-order chi connectivity index (χ1) is 11.4. The third-order valence-corrected chi connectivity index (χ3v) is 4.58. The van der Waals surface area contributed by atoms with Crippen LogP contribution in [0.15, 0.2) is 24.4 Å². The van der Waals surface area contributed by atoms with Crippen molar-refractivity contribution in [1.82, 2.24) is 15.1 Å². The fourth-order valence-corrected chi connectivity index (χ4v) is 3.32. The average molecular weight is 348 g/mol. The second-order valence-electron chi connectivity index (χ2n) is 6.33. The zero-order valence-electron chi connectivity index (χ0n) is 14.2. The van der Waals surface area contributed by atoms with Crippen LogP contribution in [0, 0.1) is 6.92 Å². The lowest BCUT2D eigenvalue weighted by atomic mass is 9.93. The second-order valence-corrected chi connectivity index (χ2v) is 6.76. The van der Waals surface area contributed by atoms with Crippen molar-refractivity contribution in [2.75, 3.05) is 0 Å². The summed E-state index contributed by atoms with van der Waals surface area (Å²) < 4.78 is 7.62. The van der Waals surface area contributed by atoms with Gasteiger partial charge in [0.05, 0.1) is 11.7 Å². The Hall–Kier alpha value is -2.01. The highest BCUT2D eigenvalue weighted by atomic mass is 35.5. The maximum absolute atomic E-state index is 12.5. The summed E-state index contributed by atoms with van der Waals surface area (Å²) in [5.74, 6) is 0.554. The molecule has 128 valence electrons. The topological polar surface area (TPSA) is 56.1 Å². The van der Waals surface area contributed by atoms with Crippen LogP contribution < -0.4 is 10.1 Å². The molecule has 1 amide bonds. The van der Waals surface area contributed by atoms with Crippen LogP contribution in [0.2, 0.25) is 5.02 Å². The van der Waals surface area contributed by atoms with Gasteiger partial charge < -0.3 is 10.1 Å². The summed E-state index contributed by atoms with van der Waals surface area (Å²) in [6.45, 7) is 3.67. The molecule has 2 unspecified atom stereocenters. The molecule has 24 heavy (non-hydrogen) atoms. The zero-order chi connectivity index (χ0) is 17.3. The molecule has 2 atom stereocenters. The van der Waals surface area contributed by atoms with Crippen LogP contribution in [0.25, 0.3) is 0 Å². The third kappa shape index (κ3) is 3.56. The third-order valence-electron chi connectivity index (χ3n) is 4.35. The molecule has 1 aromatic heterocycles. The quantitative estimate of drug-likeness (QED) is 0.922. The van der Waals surface area contributed by atoms with E-state index in [1.807, 2.05) is 30.9 Å². The van der Waals surface area contributed by atoms with Gasteiger partial charge in [-0.25, -0.2) is 0 Å². The first kappa shape index (κ1) is 16.8. The van der Waals surface area contributed by atoms with E-state index in [2.05, 4.69) is 10.4 Å². The molecule has 0 radical (unpaired) electrons. The van der Waals surface area contributed by atoms with Gasteiger partial charge in [0.25, 0.3) is 5.91 Å². The summed E-state index contributed by atoms with van der Waals surface area (Å²) in [4.78, 5) is 12.5. The fraction of sp³-hybridized carbons (Fsp3) is 0.444. The Morgan fingerprint density at radius 2 is 2.29 bits per heavy atom. The standard InChI is InChI=1S/C18H22ClN3O2/c1-11-9-13(19)7-8-17(11)24-12(2)18(23)20-15-5-4-6-16-14(15)10-22(3)21-16/h7-10,12,15H,4-6H2,1-3H3,(H,20,23). The van der Waals surface area contributed by atoms with Gasteiger partial charge in [-0.05, 0) is 56.9 Å². The molecule has 1 N–H and O–H groups in total. The first-order valence-corrected chi connectivity index (χ1v) is 8.57. The normalized spacial score (nSPS) is 17.9. The molecule has 0 spiro atoms. The number of carbonyl (C=O) groups excluding carboxylic acids is 1. The highest BCUT2D eigenvalue weighted by Crippen LogP contribution is 2.29. The zero-order valence-corrected chi connectivity index (χ0v) is 14.9. The van der Waals surface area contributed by atoms with Crippen molar-refractivity contribution < 1.29 is 9.53 Å². The number of hydrogen-bond donors (Lipinski definition) is 1. The molecule has 3 rings (SSSR count). The Labute approximate surface area is 147 Å². The monoisotopic (exact) mass is 347 g/mol. The summed E-state index contributed by atoms with van der Waals surface area (Å²) in [7, 11) is 1.91. The van der Waals surface area contributed by atoms with Gasteiger partial charge in [0, 0.05) is 23.8 Å². The van der Waals surface area contributed by atoms with Gasteiger partial charge in [-0.15, -0.1) is 0 Å². The van der Waals surface area contributed by atoms with Gasteiger partial charge in [-0.3, -0.25) is 9.48 Å². The summed E-state index contributed by atoms with van der Waals surface area (Å²) in [5, 5.41) is 8.21. The predicted molar refractivity (Wildman–Crippen MR) is 93.3 cm³/mol. The molecular weight excluding hydrogens is 326 g/mol. The van der Waals surface area contributed by atoms with Crippen LogP contribution in [0.4, 0.5) is 0 Å². The summed E-state index contributed by atoms with van der Waals surface area (Å²) in [5.41, 5.74) is 3.11. The van der Waals surface area contributed by atoms with Crippen molar-refractivity contribution in [1.29, 1.82) is 0 Å². The van der Waals surface area contributed by atoms with Crippen molar-refractivity contribution in [3.05, 3.63) is 46.2 Å². The van der Waals surface area contributed by atoms with Crippen molar-refractivity contribution in [2.24, 2.45) is 7.05 Å². The minimum Gasteiger partial charge on any atom is -0.481 e. The van der Waals surface area contributed by atoms with E-state index in [0.717, 1.165) is 36.1 Å². The van der Waals surface area contributed by atoms with E-state index < -0.39 is 6.10 Å². The van der Waals surface area contributed by atoms with Gasteiger partial charge in [0.2, 0.25) is 0 Å². The maximum Gasteiger partial charge on any atom is 0.261 e. The van der Waals surface area contributed by atoms with Crippen LogP contribution >= 0.6 is 11.6 Å². The Balaban J connectivity index is 1.66. The van der Waals surface area contributed by atoms with Gasteiger partial charge in [0.15, 0.2) is 6.10 Å². The number of ether oxygens (including phenoxy) is 1. The fourth-order valence-electron chi connectivity index (χ4n) is 3.10. The van der Waals surface area contributed by atoms with Gasteiger partial charge in [-0.2, -0.15) is 5.10 Å². The number of aromatic nitrogens is 2. The minimum atomic E-state index is -0.577. The Bertz CT molecular complexity index is 757. The van der Waals surface area contributed by atoms with E-state index in [9.17, 15) is 4.79 Å². The number of amides is 1. The second kappa shape index (κ2) is 6.85. The number of fused-ring (bicyclic) bond motifs is 1. The lowest BCUT2D eigenvalue weighted by molar-refractivity contribution is -0.128. The van der Waals surface area contributed by atoms with Crippen molar-refractivity contribution in [2.45, 2.75) is 45.3 Å². The number of hydrogen-bond acceptors (Lipinski definition) is 3. The largest absolute Gasteiger partial charge is 0.481 e. The molecule has 5 nitrogen and oxygen atoms in total. The van der Waals surface area contributed by atoms with E-state index in [-0.39, 0.29) is 11.9 Å². The highest BCUT2D eigenvalue weighted by Gasteiger charge is 2.26. The van der Waals surface area contributed by atoms with Crippen LogP contribution in [-0.4, -0.2) is 21.8 Å². The number of benzene rings is 1. The first-order valence-electron chi connectivity index (χ1n) is 8.19. The molecule has 6 heteroatoms. The molecule has 0 fully saturated rings. The number of nitrogens with zero attached hydrogens (tertiary/aromatic N) is 2. The lowest BCUT2D eigenvalue weighted by Crippen LogP contribution is -2.39. The molecule has 0 aliphatic heterocycles. The minimum absolute atomic E-state index is 0.00677. The molecule has 0 bridgehead atoms. The van der Waals surface area contributed by atoms with Gasteiger partial charge in [0.1, 0.15) is 5.75 Å². The van der Waals surface area contributed by atoms with Crippen LogP contribution in [0.5, 0.6) is 5.75 Å². The molecule has 0 saturated heterocycles. The van der Waals surface area contributed by atoms with Crippen molar-refractivity contribution >= 4 is 17.5 Å². The SMILES string of the molecule is Cc1cc(Cl)ccc1OC(C)C(=O)NC1CCCc2nn(C)cc21. The van der Waals surface area contributed by atoms with E-state index in [4.69, 9.17) is 16.3 Å². The molecule has 2 aromatic rings. The van der Waals surface area contributed by atoms with Crippen molar-refractivity contribution in [3.63, 3.8) is 0 Å². The molecule has 1 heterocycles. The number of rotatable bonds is 4. The molecule has 0 saturated carbocycles. The Kier molecular flexibility index (Phi) is 4.81. The number of aryl methyl sites for hydroxylation is 3. The molecule has 1 aliphatic rings. The number of carbonyl (C=O) groups is 1. The van der Waals surface area contributed by atoms with E-state index in [1.165, 1.54) is 0 Å². The highest BCUT2D eigenvalue weighted by molar-refractivity contribution is 6.30. The van der Waals surface area contributed by atoms with E-state index in [1.54, 1.807) is 19.1 Å². The average Bonchev–Trinajstić information content (AvgIpc) is 2.91. The summed E-state index contributed by atoms with van der Waals surface area (Å²) in [6, 6.07) is 5.39. The summed E-state index contributed by atoms with van der Waals surface area (Å²) >= 11 is 5.95. The number of halogens is 1. The maximum atomic E-state index is 12.5. The van der Waals surface area contributed by atoms with Gasteiger partial charge >= 0.3 is 0 Å². The number of nitrogens with one attached hydrogen (secondary N) is 1. The van der Waals surface area contributed by atoms with Crippen molar-refractivity contribution in [3.8, 4) is 5.75 Å². The van der Waals surface area contributed by atoms with E-state index in [0.29, 0.717) is 10.8 Å². The Morgan fingerprint density at radius 1 is 1.50 bits per heavy atom. The van der Waals surface area contributed by atoms with E-state index >= 15 is 0 Å². The van der Waals surface area contributed by atoms with Crippen LogP contribution in [-0.2, 0) is 18.3 Å². The molecule has 1 aromatic carbocycles. The molecule has 1 aliphatic carbocycles. The van der Waals surface area contributed by atoms with Crippen LogP contribution in [0.3, 0.4) is 0 Å². The van der Waals surface area contributed by atoms with Crippen LogP contribution in [0.1, 0.15) is 42.6 Å². The summed E-state index contributed by atoms with van der Waals surface area (Å²) in [6.07, 6.45) is 4.34. The predicted octanol–water partition coefficient (Wildman–Crippen LogP) is 3.34. The van der Waals surface area contributed by atoms with Gasteiger partial charge in [-0.1, -0.05) is 11.6 Å². The lowest BCUT2D eigenvalue weighted by Gasteiger charge is -2.24.